The summed E-state index contributed by atoms with van der Waals surface area (Å²) in [4.78, 5) is 11.2. The number of nitrogens with zero attached hydrogens (tertiary/aromatic N) is 1. The summed E-state index contributed by atoms with van der Waals surface area (Å²) >= 11 is 0. The van der Waals surface area contributed by atoms with Crippen molar-refractivity contribution < 1.29 is 27.4 Å². The first-order valence-electron chi connectivity index (χ1n) is 6.95. The Labute approximate surface area is 139 Å². The third-order valence-electron chi connectivity index (χ3n) is 3.40. The van der Waals surface area contributed by atoms with Crippen LogP contribution in [0, 0.1) is 5.82 Å². The molecule has 2 rings (SSSR count). The van der Waals surface area contributed by atoms with E-state index in [1.807, 2.05) is 0 Å². The van der Waals surface area contributed by atoms with Crippen LogP contribution in [0.3, 0.4) is 0 Å². The Kier molecular flexibility index (Phi) is 5.08. The number of halogens is 1. The minimum atomic E-state index is -4.24. The van der Waals surface area contributed by atoms with Gasteiger partial charge >= 0.3 is 5.97 Å². The minimum absolute atomic E-state index is 0.0826. The summed E-state index contributed by atoms with van der Waals surface area (Å²) in [5.41, 5.74) is 0.0826. The second-order valence-electron chi connectivity index (χ2n) is 4.94. The highest BCUT2D eigenvalue weighted by atomic mass is 32.2. The van der Waals surface area contributed by atoms with E-state index in [0.29, 0.717) is 0 Å². The van der Waals surface area contributed by atoms with Gasteiger partial charge in [-0.2, -0.15) is 0 Å². The van der Waals surface area contributed by atoms with Crippen LogP contribution in [0.2, 0.25) is 0 Å². The Morgan fingerprint density at radius 3 is 2.29 bits per heavy atom. The molecule has 1 unspecified atom stereocenters. The Bertz CT molecular complexity index is 836. The first-order valence-corrected chi connectivity index (χ1v) is 8.39. The number of methoxy groups -OCH3 is 1. The van der Waals surface area contributed by atoms with Crippen LogP contribution >= 0.6 is 0 Å². The van der Waals surface area contributed by atoms with Gasteiger partial charge in [-0.3, -0.25) is 0 Å². The van der Waals surface area contributed by atoms with Gasteiger partial charge in [0.15, 0.2) is 0 Å². The molecule has 2 aromatic rings. The first kappa shape index (κ1) is 17.7. The van der Waals surface area contributed by atoms with Crippen LogP contribution in [-0.2, 0) is 14.8 Å². The fourth-order valence-corrected chi connectivity index (χ4v) is 3.80. The molecule has 24 heavy (non-hydrogen) atoms. The molecule has 128 valence electrons. The van der Waals surface area contributed by atoms with E-state index in [-0.39, 0.29) is 16.3 Å². The van der Waals surface area contributed by atoms with Crippen molar-refractivity contribution in [2.75, 3.05) is 11.4 Å². The zero-order chi connectivity index (χ0) is 17.9. The molecule has 0 spiro atoms. The highest BCUT2D eigenvalue weighted by Gasteiger charge is 2.35. The van der Waals surface area contributed by atoms with E-state index in [2.05, 4.69) is 0 Å². The van der Waals surface area contributed by atoms with Crippen LogP contribution < -0.4 is 9.04 Å². The molecule has 0 heterocycles. The highest BCUT2D eigenvalue weighted by molar-refractivity contribution is 7.93. The SMILES string of the molecule is COc1ccccc1N(C(C)C(=O)O)S(=O)(=O)c1ccc(F)cc1. The van der Waals surface area contributed by atoms with E-state index in [0.717, 1.165) is 28.6 Å². The molecular formula is C16H16FNO5S. The second kappa shape index (κ2) is 6.88. The number of anilines is 1. The Morgan fingerprint density at radius 1 is 1.17 bits per heavy atom. The molecule has 1 atom stereocenters. The van der Waals surface area contributed by atoms with Crippen molar-refractivity contribution in [3.63, 3.8) is 0 Å². The molecule has 8 heteroatoms. The molecule has 0 aliphatic carbocycles. The van der Waals surface area contributed by atoms with Crippen LogP contribution in [0.25, 0.3) is 0 Å². The van der Waals surface area contributed by atoms with E-state index >= 15 is 0 Å². The average Bonchev–Trinajstić information content (AvgIpc) is 2.55. The lowest BCUT2D eigenvalue weighted by atomic mass is 10.2. The number of carboxylic acid groups (broad SMARTS) is 1. The summed E-state index contributed by atoms with van der Waals surface area (Å²) < 4.78 is 44.9. The van der Waals surface area contributed by atoms with Gasteiger partial charge in [-0.15, -0.1) is 0 Å². The Morgan fingerprint density at radius 2 is 1.75 bits per heavy atom. The molecule has 0 bridgehead atoms. The summed E-state index contributed by atoms with van der Waals surface area (Å²) in [7, 11) is -2.89. The molecule has 0 radical (unpaired) electrons. The lowest BCUT2D eigenvalue weighted by Gasteiger charge is -2.29. The van der Waals surface area contributed by atoms with Crippen LogP contribution in [-0.4, -0.2) is 32.6 Å². The summed E-state index contributed by atoms with van der Waals surface area (Å²) in [5, 5.41) is 9.32. The van der Waals surface area contributed by atoms with Crippen LogP contribution in [0.15, 0.2) is 53.4 Å². The van der Waals surface area contributed by atoms with E-state index in [9.17, 15) is 22.7 Å². The van der Waals surface area contributed by atoms with Crippen molar-refractivity contribution in [3.8, 4) is 5.75 Å². The number of hydrogen-bond acceptors (Lipinski definition) is 4. The molecule has 0 saturated heterocycles. The fraction of sp³-hybridized carbons (Fsp3) is 0.188. The lowest BCUT2D eigenvalue weighted by Crippen LogP contribution is -2.43. The molecule has 0 aromatic heterocycles. The number of para-hydroxylation sites is 2. The topological polar surface area (TPSA) is 83.9 Å². The molecular weight excluding hydrogens is 337 g/mol. The molecule has 0 saturated carbocycles. The van der Waals surface area contributed by atoms with Crippen molar-refractivity contribution in [2.24, 2.45) is 0 Å². The van der Waals surface area contributed by atoms with Crippen LogP contribution in [0.5, 0.6) is 5.75 Å². The van der Waals surface area contributed by atoms with E-state index in [1.165, 1.54) is 26.2 Å². The smallest absolute Gasteiger partial charge is 0.327 e. The van der Waals surface area contributed by atoms with Crippen molar-refractivity contribution in [1.29, 1.82) is 0 Å². The molecule has 0 aliphatic rings. The maximum absolute atomic E-state index is 13.1. The van der Waals surface area contributed by atoms with E-state index < -0.39 is 27.9 Å². The third kappa shape index (κ3) is 3.33. The van der Waals surface area contributed by atoms with Crippen molar-refractivity contribution >= 4 is 21.7 Å². The van der Waals surface area contributed by atoms with Gasteiger partial charge in [-0.25, -0.2) is 21.9 Å². The van der Waals surface area contributed by atoms with Crippen LogP contribution in [0.4, 0.5) is 10.1 Å². The molecule has 2 aromatic carbocycles. The second-order valence-corrected chi connectivity index (χ2v) is 6.76. The highest BCUT2D eigenvalue weighted by Crippen LogP contribution is 2.34. The van der Waals surface area contributed by atoms with Gasteiger partial charge in [0, 0.05) is 0 Å². The Hall–Kier alpha value is -2.61. The number of carboxylic acids is 1. The lowest BCUT2D eigenvalue weighted by molar-refractivity contribution is -0.137. The van der Waals surface area contributed by atoms with Crippen LogP contribution in [0.1, 0.15) is 6.92 Å². The minimum Gasteiger partial charge on any atom is -0.495 e. The molecule has 6 nitrogen and oxygen atoms in total. The largest absolute Gasteiger partial charge is 0.495 e. The van der Waals surface area contributed by atoms with Gasteiger partial charge in [0.05, 0.1) is 17.7 Å². The average molecular weight is 353 g/mol. The predicted molar refractivity (Wildman–Crippen MR) is 86.2 cm³/mol. The number of sulfonamides is 1. The summed E-state index contributed by atoms with van der Waals surface area (Å²) in [6, 6.07) is 8.95. The van der Waals surface area contributed by atoms with Crippen molar-refractivity contribution in [3.05, 3.63) is 54.3 Å². The van der Waals surface area contributed by atoms with E-state index in [1.54, 1.807) is 12.1 Å². The maximum atomic E-state index is 13.1. The number of rotatable bonds is 6. The van der Waals surface area contributed by atoms with Gasteiger partial charge in [0.1, 0.15) is 17.6 Å². The van der Waals surface area contributed by atoms with Gasteiger partial charge in [-0.05, 0) is 43.3 Å². The standard InChI is InChI=1S/C16H16FNO5S/c1-11(16(19)20)18(14-5-3-4-6-15(14)23-2)24(21,22)13-9-7-12(17)8-10-13/h3-11H,1-2H3,(H,19,20). The fourth-order valence-electron chi connectivity index (χ4n) is 2.18. The molecule has 1 N–H and O–H groups in total. The van der Waals surface area contributed by atoms with Gasteiger partial charge in [-0.1, -0.05) is 12.1 Å². The van der Waals surface area contributed by atoms with E-state index in [4.69, 9.17) is 4.74 Å². The zero-order valence-electron chi connectivity index (χ0n) is 13.0. The first-order chi connectivity index (χ1) is 11.3. The third-order valence-corrected chi connectivity index (χ3v) is 5.30. The molecule has 0 fully saturated rings. The van der Waals surface area contributed by atoms with Gasteiger partial charge < -0.3 is 9.84 Å². The summed E-state index contributed by atoms with van der Waals surface area (Å²) in [5.74, 6) is -1.72. The van der Waals surface area contributed by atoms with Gasteiger partial charge in [0.25, 0.3) is 10.0 Å². The molecule has 0 aliphatic heterocycles. The normalized spacial score (nSPS) is 12.5. The summed E-state index contributed by atoms with van der Waals surface area (Å²) in [6.07, 6.45) is 0. The zero-order valence-corrected chi connectivity index (χ0v) is 13.8. The number of aliphatic carboxylic acids is 1. The number of benzene rings is 2. The van der Waals surface area contributed by atoms with Gasteiger partial charge in [0.2, 0.25) is 0 Å². The predicted octanol–water partition coefficient (Wildman–Crippen LogP) is 2.50. The number of carbonyl (C=O) groups is 1. The number of ether oxygens (including phenoxy) is 1. The van der Waals surface area contributed by atoms with Crippen molar-refractivity contribution in [1.82, 2.24) is 0 Å². The quantitative estimate of drug-likeness (QED) is 0.863. The number of hydrogen-bond donors (Lipinski definition) is 1. The molecule has 0 amide bonds. The van der Waals surface area contributed by atoms with Crippen molar-refractivity contribution in [2.45, 2.75) is 17.9 Å². The maximum Gasteiger partial charge on any atom is 0.327 e. The monoisotopic (exact) mass is 353 g/mol. The Balaban J connectivity index is 2.66. The summed E-state index contributed by atoms with van der Waals surface area (Å²) in [6.45, 7) is 1.25.